The van der Waals surface area contributed by atoms with E-state index in [9.17, 15) is 9.59 Å². The molecule has 7 heteroatoms. The minimum absolute atomic E-state index is 0. The van der Waals surface area contributed by atoms with Crippen LogP contribution in [0.2, 0.25) is 0 Å². The molecule has 2 amide bonds. The van der Waals surface area contributed by atoms with E-state index < -0.39 is 5.91 Å². The monoisotopic (exact) mass is 375 g/mol. The molecule has 1 saturated heterocycles. The van der Waals surface area contributed by atoms with Crippen LogP contribution in [0.4, 0.5) is 0 Å². The highest BCUT2D eigenvalue weighted by Crippen LogP contribution is 2.29. The summed E-state index contributed by atoms with van der Waals surface area (Å²) in [6.07, 6.45) is 0. The fourth-order valence-electron chi connectivity index (χ4n) is 3.14. The number of primary amides is 1. The number of likely N-dealkylation sites (tertiary alicyclic amines) is 1. The van der Waals surface area contributed by atoms with E-state index in [1.807, 2.05) is 30.3 Å². The maximum atomic E-state index is 12.9. The number of carbonyl (C=O) groups is 2. The number of rotatable bonds is 5. The molecule has 0 aliphatic carbocycles. The van der Waals surface area contributed by atoms with Gasteiger partial charge in [0.2, 0.25) is 0 Å². The van der Waals surface area contributed by atoms with Crippen molar-refractivity contribution in [2.45, 2.75) is 12.0 Å². The molecule has 1 aliphatic heterocycles. The van der Waals surface area contributed by atoms with Crippen LogP contribution in [0.15, 0.2) is 54.6 Å². The molecule has 0 saturated carbocycles. The zero-order valence-corrected chi connectivity index (χ0v) is 15.0. The number of hydrogen-bond donors (Lipinski definition) is 2. The first-order valence-electron chi connectivity index (χ1n) is 8.16. The van der Waals surface area contributed by atoms with E-state index in [0.29, 0.717) is 24.4 Å². The highest BCUT2D eigenvalue weighted by Gasteiger charge is 2.34. The van der Waals surface area contributed by atoms with Crippen molar-refractivity contribution in [2.75, 3.05) is 19.7 Å². The molecule has 2 aromatic carbocycles. The molecule has 138 valence electrons. The number of benzene rings is 2. The Bertz CT molecular complexity index is 770. The van der Waals surface area contributed by atoms with E-state index in [4.69, 9.17) is 16.2 Å². The van der Waals surface area contributed by atoms with Crippen molar-refractivity contribution >= 4 is 24.2 Å². The Morgan fingerprint density at radius 2 is 1.69 bits per heavy atom. The molecule has 4 N–H and O–H groups in total. The van der Waals surface area contributed by atoms with Gasteiger partial charge in [-0.3, -0.25) is 9.59 Å². The summed E-state index contributed by atoms with van der Waals surface area (Å²) in [4.78, 5) is 25.6. The molecular formula is C19H22ClN3O3. The number of halogens is 1. The van der Waals surface area contributed by atoms with E-state index in [1.54, 1.807) is 29.2 Å². The molecule has 0 spiro atoms. The number of nitrogens with two attached hydrogens (primary N) is 2. The maximum absolute atomic E-state index is 12.9. The summed E-state index contributed by atoms with van der Waals surface area (Å²) in [5, 5.41) is 0. The number of para-hydroxylation sites is 1. The van der Waals surface area contributed by atoms with Gasteiger partial charge < -0.3 is 21.1 Å². The summed E-state index contributed by atoms with van der Waals surface area (Å²) in [5.41, 5.74) is 12.9. The zero-order chi connectivity index (χ0) is 17.8. The SMILES string of the molecule is Cl.NC(=O)COc1ccccc1C(=O)N1C[C@@H](N)[C@H](c2ccccc2)C1. The molecule has 1 aliphatic rings. The Morgan fingerprint density at radius 1 is 1.04 bits per heavy atom. The van der Waals surface area contributed by atoms with Gasteiger partial charge in [-0.2, -0.15) is 0 Å². The van der Waals surface area contributed by atoms with Crippen molar-refractivity contribution in [2.24, 2.45) is 11.5 Å². The molecular weight excluding hydrogens is 354 g/mol. The quantitative estimate of drug-likeness (QED) is 0.828. The van der Waals surface area contributed by atoms with Crippen molar-refractivity contribution in [1.82, 2.24) is 4.90 Å². The molecule has 3 rings (SSSR count). The summed E-state index contributed by atoms with van der Waals surface area (Å²) >= 11 is 0. The van der Waals surface area contributed by atoms with Crippen LogP contribution < -0.4 is 16.2 Å². The molecule has 26 heavy (non-hydrogen) atoms. The number of ether oxygens (including phenoxy) is 1. The number of nitrogens with zero attached hydrogens (tertiary/aromatic N) is 1. The van der Waals surface area contributed by atoms with Crippen LogP contribution >= 0.6 is 12.4 Å². The van der Waals surface area contributed by atoms with E-state index in [2.05, 4.69) is 0 Å². The lowest BCUT2D eigenvalue weighted by Crippen LogP contribution is -2.32. The first-order chi connectivity index (χ1) is 12.1. The third kappa shape index (κ3) is 4.33. The Morgan fingerprint density at radius 3 is 2.38 bits per heavy atom. The second-order valence-corrected chi connectivity index (χ2v) is 6.14. The molecule has 0 radical (unpaired) electrons. The zero-order valence-electron chi connectivity index (χ0n) is 14.2. The average Bonchev–Trinajstić information content (AvgIpc) is 3.02. The minimum atomic E-state index is -0.588. The molecule has 1 fully saturated rings. The normalized spacial score (nSPS) is 18.9. The van der Waals surface area contributed by atoms with Gasteiger partial charge in [0, 0.05) is 25.0 Å². The lowest BCUT2D eigenvalue weighted by molar-refractivity contribution is -0.119. The summed E-state index contributed by atoms with van der Waals surface area (Å²) in [6.45, 7) is 0.757. The predicted octanol–water partition coefficient (Wildman–Crippen LogP) is 1.54. The number of amides is 2. The van der Waals surface area contributed by atoms with Gasteiger partial charge in [0.1, 0.15) is 5.75 Å². The van der Waals surface area contributed by atoms with Crippen molar-refractivity contribution in [3.05, 3.63) is 65.7 Å². The van der Waals surface area contributed by atoms with Gasteiger partial charge in [0.15, 0.2) is 6.61 Å². The third-order valence-corrected chi connectivity index (χ3v) is 4.37. The molecule has 0 bridgehead atoms. The van der Waals surface area contributed by atoms with E-state index in [0.717, 1.165) is 5.56 Å². The number of hydrogen-bond acceptors (Lipinski definition) is 4. The Kier molecular flexibility index (Phi) is 6.60. The Labute approximate surface area is 158 Å². The summed E-state index contributed by atoms with van der Waals surface area (Å²) in [7, 11) is 0. The van der Waals surface area contributed by atoms with Crippen LogP contribution in [0.25, 0.3) is 0 Å². The average molecular weight is 376 g/mol. The molecule has 2 atom stereocenters. The van der Waals surface area contributed by atoms with Gasteiger partial charge in [-0.1, -0.05) is 42.5 Å². The lowest BCUT2D eigenvalue weighted by Gasteiger charge is -2.18. The number of carbonyl (C=O) groups excluding carboxylic acids is 2. The Hall–Kier alpha value is -2.57. The topological polar surface area (TPSA) is 98.7 Å². The van der Waals surface area contributed by atoms with Gasteiger partial charge in [-0.05, 0) is 17.7 Å². The predicted molar refractivity (Wildman–Crippen MR) is 101 cm³/mol. The summed E-state index contributed by atoms with van der Waals surface area (Å²) in [6, 6.07) is 16.7. The van der Waals surface area contributed by atoms with Crippen molar-refractivity contribution in [3.8, 4) is 5.75 Å². The van der Waals surface area contributed by atoms with Crippen LogP contribution in [0.3, 0.4) is 0 Å². The van der Waals surface area contributed by atoms with Crippen LogP contribution in [-0.4, -0.2) is 42.5 Å². The van der Waals surface area contributed by atoms with E-state index in [1.165, 1.54) is 0 Å². The molecule has 1 heterocycles. The van der Waals surface area contributed by atoms with Crippen LogP contribution in [-0.2, 0) is 4.79 Å². The maximum Gasteiger partial charge on any atom is 0.257 e. The fourth-order valence-corrected chi connectivity index (χ4v) is 3.14. The van der Waals surface area contributed by atoms with Gasteiger partial charge >= 0.3 is 0 Å². The second kappa shape index (κ2) is 8.69. The molecule has 0 aromatic heterocycles. The first-order valence-corrected chi connectivity index (χ1v) is 8.16. The molecule has 0 unspecified atom stereocenters. The lowest BCUT2D eigenvalue weighted by atomic mass is 9.95. The van der Waals surface area contributed by atoms with Crippen molar-refractivity contribution in [3.63, 3.8) is 0 Å². The third-order valence-electron chi connectivity index (χ3n) is 4.37. The molecule has 6 nitrogen and oxygen atoms in total. The van der Waals surface area contributed by atoms with E-state index >= 15 is 0 Å². The highest BCUT2D eigenvalue weighted by atomic mass is 35.5. The van der Waals surface area contributed by atoms with Crippen molar-refractivity contribution < 1.29 is 14.3 Å². The Balaban J connectivity index is 0.00000243. The van der Waals surface area contributed by atoms with Gasteiger partial charge in [-0.25, -0.2) is 0 Å². The van der Waals surface area contributed by atoms with E-state index in [-0.39, 0.29) is 36.9 Å². The standard InChI is InChI=1S/C19H21N3O3.ClH/c20-16-11-22(10-15(16)13-6-2-1-3-7-13)19(24)14-8-4-5-9-17(14)25-12-18(21)23;/h1-9,15-16H,10-12,20H2,(H2,21,23);1H/t15-,16+;/m0./s1. The summed E-state index contributed by atoms with van der Waals surface area (Å²) < 4.78 is 5.36. The van der Waals surface area contributed by atoms with Crippen molar-refractivity contribution in [1.29, 1.82) is 0 Å². The van der Waals surface area contributed by atoms with Gasteiger partial charge in [0.05, 0.1) is 5.56 Å². The molecule has 2 aromatic rings. The fraction of sp³-hybridized carbons (Fsp3) is 0.263. The smallest absolute Gasteiger partial charge is 0.257 e. The first kappa shape index (κ1) is 19.8. The summed E-state index contributed by atoms with van der Waals surface area (Å²) in [5.74, 6) is -0.296. The van der Waals surface area contributed by atoms with Crippen LogP contribution in [0, 0.1) is 0 Å². The van der Waals surface area contributed by atoms with Gasteiger partial charge in [0.25, 0.3) is 11.8 Å². The van der Waals surface area contributed by atoms with Crippen LogP contribution in [0.5, 0.6) is 5.75 Å². The minimum Gasteiger partial charge on any atom is -0.483 e. The highest BCUT2D eigenvalue weighted by molar-refractivity contribution is 5.97. The second-order valence-electron chi connectivity index (χ2n) is 6.14. The largest absolute Gasteiger partial charge is 0.483 e. The van der Waals surface area contributed by atoms with Gasteiger partial charge in [-0.15, -0.1) is 12.4 Å². The van der Waals surface area contributed by atoms with Crippen LogP contribution in [0.1, 0.15) is 21.8 Å².